The van der Waals surface area contributed by atoms with Gasteiger partial charge in [0.1, 0.15) is 0 Å². The van der Waals surface area contributed by atoms with E-state index in [0.29, 0.717) is 19.6 Å². The second-order valence-electron chi connectivity index (χ2n) is 4.65. The monoisotopic (exact) mass is 249 g/mol. The van der Waals surface area contributed by atoms with Crippen molar-refractivity contribution >= 4 is 10.2 Å². The fourth-order valence-corrected chi connectivity index (χ4v) is 3.45. The molecule has 2 unspecified atom stereocenters. The zero-order valence-electron chi connectivity index (χ0n) is 10.1. The van der Waals surface area contributed by atoms with Crippen LogP contribution in [0.3, 0.4) is 0 Å². The van der Waals surface area contributed by atoms with E-state index in [1.54, 1.807) is 4.31 Å². The second kappa shape index (κ2) is 5.95. The van der Waals surface area contributed by atoms with Crippen molar-refractivity contribution in [3.8, 4) is 0 Å². The predicted molar refractivity (Wildman–Crippen MR) is 65.2 cm³/mol. The van der Waals surface area contributed by atoms with Crippen LogP contribution in [0.1, 0.15) is 33.1 Å². The minimum atomic E-state index is -3.31. The molecule has 1 saturated heterocycles. The second-order valence-corrected chi connectivity index (χ2v) is 6.36. The molecule has 96 valence electrons. The van der Waals surface area contributed by atoms with Gasteiger partial charge in [0, 0.05) is 19.1 Å². The number of hydrogen-bond acceptors (Lipinski definition) is 3. The van der Waals surface area contributed by atoms with Gasteiger partial charge in [0.2, 0.25) is 0 Å². The topological polar surface area (TPSA) is 75.4 Å². The van der Waals surface area contributed by atoms with E-state index in [0.717, 1.165) is 19.3 Å². The van der Waals surface area contributed by atoms with E-state index in [-0.39, 0.29) is 12.0 Å². The highest BCUT2D eigenvalue weighted by atomic mass is 32.2. The van der Waals surface area contributed by atoms with E-state index < -0.39 is 10.2 Å². The van der Waals surface area contributed by atoms with E-state index in [1.807, 2.05) is 13.8 Å². The molecular weight excluding hydrogens is 226 g/mol. The molecule has 3 N–H and O–H groups in total. The number of piperidine rings is 1. The van der Waals surface area contributed by atoms with Gasteiger partial charge >= 0.3 is 0 Å². The molecule has 0 aromatic rings. The highest BCUT2D eigenvalue weighted by Gasteiger charge is 2.29. The van der Waals surface area contributed by atoms with Crippen LogP contribution in [0.5, 0.6) is 0 Å². The van der Waals surface area contributed by atoms with Crippen molar-refractivity contribution in [3.05, 3.63) is 0 Å². The molecule has 0 bridgehead atoms. The van der Waals surface area contributed by atoms with Gasteiger partial charge in [-0.15, -0.1) is 0 Å². The molecule has 5 nitrogen and oxygen atoms in total. The van der Waals surface area contributed by atoms with Gasteiger partial charge in [-0.25, -0.2) is 4.72 Å². The quantitative estimate of drug-likeness (QED) is 0.735. The number of nitrogens with zero attached hydrogens (tertiary/aromatic N) is 1. The molecular formula is C10H23N3O2S. The summed E-state index contributed by atoms with van der Waals surface area (Å²) < 4.78 is 28.2. The third-order valence-electron chi connectivity index (χ3n) is 3.07. The normalized spacial score (nSPS) is 25.6. The van der Waals surface area contributed by atoms with Crippen LogP contribution in [0.2, 0.25) is 0 Å². The Kier molecular flexibility index (Phi) is 5.17. The standard InChI is InChI=1S/C10H23N3O2S/c1-9(7-11)8-12-16(14,15)13-6-4-3-5-10(13)2/h9-10,12H,3-8,11H2,1-2H3. The predicted octanol–water partition coefficient (Wildman–Crippen LogP) is 0.290. The first-order chi connectivity index (χ1) is 7.47. The average Bonchev–Trinajstić information content (AvgIpc) is 2.26. The van der Waals surface area contributed by atoms with Gasteiger partial charge in [0.25, 0.3) is 10.2 Å². The summed E-state index contributed by atoms with van der Waals surface area (Å²) in [4.78, 5) is 0. The molecule has 0 aromatic carbocycles. The third-order valence-corrected chi connectivity index (χ3v) is 4.76. The summed E-state index contributed by atoms with van der Waals surface area (Å²) in [6.45, 7) is 5.44. The Balaban J connectivity index is 2.55. The van der Waals surface area contributed by atoms with Crippen LogP contribution < -0.4 is 10.5 Å². The largest absolute Gasteiger partial charge is 0.330 e. The summed E-state index contributed by atoms with van der Waals surface area (Å²) in [7, 11) is -3.31. The SMILES string of the molecule is CC(CN)CNS(=O)(=O)N1CCCCC1C. The first-order valence-corrected chi connectivity index (χ1v) is 7.38. The Morgan fingerprint density at radius 2 is 2.19 bits per heavy atom. The van der Waals surface area contributed by atoms with E-state index in [1.165, 1.54) is 0 Å². The fourth-order valence-electron chi connectivity index (χ4n) is 1.84. The Bertz CT molecular complexity index is 305. The van der Waals surface area contributed by atoms with Crippen molar-refractivity contribution in [2.45, 2.75) is 39.2 Å². The minimum absolute atomic E-state index is 0.111. The average molecular weight is 249 g/mol. The molecule has 2 atom stereocenters. The summed E-state index contributed by atoms with van der Waals surface area (Å²) in [6.07, 6.45) is 3.03. The number of hydrogen-bond donors (Lipinski definition) is 2. The lowest BCUT2D eigenvalue weighted by Gasteiger charge is -2.32. The summed E-state index contributed by atoms with van der Waals surface area (Å²) in [6, 6.07) is 0.111. The van der Waals surface area contributed by atoms with Crippen LogP contribution in [0.25, 0.3) is 0 Å². The lowest BCUT2D eigenvalue weighted by molar-refractivity contribution is 0.264. The van der Waals surface area contributed by atoms with Gasteiger partial charge in [-0.1, -0.05) is 13.3 Å². The molecule has 1 aliphatic heterocycles. The van der Waals surface area contributed by atoms with Crippen molar-refractivity contribution in [1.29, 1.82) is 0 Å². The molecule has 0 spiro atoms. The van der Waals surface area contributed by atoms with E-state index in [2.05, 4.69) is 4.72 Å². The summed E-state index contributed by atoms with van der Waals surface area (Å²) in [5, 5.41) is 0. The molecule has 0 aromatic heterocycles. The molecule has 16 heavy (non-hydrogen) atoms. The molecule has 1 rings (SSSR count). The molecule has 1 heterocycles. The van der Waals surface area contributed by atoms with Crippen LogP contribution in [-0.4, -0.2) is 38.4 Å². The molecule has 0 saturated carbocycles. The highest BCUT2D eigenvalue weighted by molar-refractivity contribution is 7.87. The molecule has 1 fully saturated rings. The Morgan fingerprint density at radius 1 is 1.50 bits per heavy atom. The fraction of sp³-hybridized carbons (Fsp3) is 1.00. The maximum atomic E-state index is 12.0. The smallest absolute Gasteiger partial charge is 0.279 e. The van der Waals surface area contributed by atoms with Crippen molar-refractivity contribution in [1.82, 2.24) is 9.03 Å². The van der Waals surface area contributed by atoms with Gasteiger partial charge in [-0.3, -0.25) is 0 Å². The summed E-state index contributed by atoms with van der Waals surface area (Å²) in [5.41, 5.74) is 5.46. The van der Waals surface area contributed by atoms with Crippen LogP contribution in [0.15, 0.2) is 0 Å². The Labute approximate surface area is 98.6 Å². The van der Waals surface area contributed by atoms with Crippen LogP contribution in [0, 0.1) is 5.92 Å². The van der Waals surface area contributed by atoms with E-state index in [4.69, 9.17) is 5.73 Å². The first-order valence-electron chi connectivity index (χ1n) is 5.94. The van der Waals surface area contributed by atoms with Gasteiger partial charge < -0.3 is 5.73 Å². The molecule has 0 amide bonds. The van der Waals surface area contributed by atoms with E-state index in [9.17, 15) is 8.42 Å². The summed E-state index contributed by atoms with van der Waals surface area (Å²) in [5.74, 6) is 0.176. The van der Waals surface area contributed by atoms with Crippen LogP contribution in [-0.2, 0) is 10.2 Å². The molecule has 1 aliphatic rings. The zero-order chi connectivity index (χ0) is 12.2. The highest BCUT2D eigenvalue weighted by Crippen LogP contribution is 2.18. The maximum absolute atomic E-state index is 12.0. The van der Waals surface area contributed by atoms with Gasteiger partial charge in [-0.05, 0) is 32.2 Å². The first kappa shape index (κ1) is 13.9. The summed E-state index contributed by atoms with van der Waals surface area (Å²) >= 11 is 0. The van der Waals surface area contributed by atoms with E-state index >= 15 is 0 Å². The van der Waals surface area contributed by atoms with Gasteiger partial charge in [0.05, 0.1) is 0 Å². The van der Waals surface area contributed by atoms with Gasteiger partial charge in [0.15, 0.2) is 0 Å². The van der Waals surface area contributed by atoms with Crippen molar-refractivity contribution in [2.24, 2.45) is 11.7 Å². The molecule has 0 aliphatic carbocycles. The van der Waals surface area contributed by atoms with Gasteiger partial charge in [-0.2, -0.15) is 12.7 Å². The maximum Gasteiger partial charge on any atom is 0.279 e. The number of nitrogens with two attached hydrogens (primary N) is 1. The van der Waals surface area contributed by atoms with Crippen LogP contribution >= 0.6 is 0 Å². The number of rotatable bonds is 5. The Hall–Kier alpha value is -0.170. The van der Waals surface area contributed by atoms with Crippen molar-refractivity contribution in [3.63, 3.8) is 0 Å². The third kappa shape index (κ3) is 3.69. The van der Waals surface area contributed by atoms with Crippen molar-refractivity contribution < 1.29 is 8.42 Å². The Morgan fingerprint density at radius 3 is 2.75 bits per heavy atom. The lowest BCUT2D eigenvalue weighted by atomic mass is 10.1. The molecule has 6 heteroatoms. The zero-order valence-corrected chi connectivity index (χ0v) is 11.0. The minimum Gasteiger partial charge on any atom is -0.330 e. The van der Waals surface area contributed by atoms with Crippen LogP contribution in [0.4, 0.5) is 0 Å². The molecule has 0 radical (unpaired) electrons. The number of nitrogens with one attached hydrogen (secondary N) is 1. The van der Waals surface area contributed by atoms with Crippen molar-refractivity contribution in [2.75, 3.05) is 19.6 Å². The lowest BCUT2D eigenvalue weighted by Crippen LogP contribution is -2.49.